The van der Waals surface area contributed by atoms with E-state index in [1.807, 2.05) is 0 Å². The molecule has 1 aliphatic rings. The highest BCUT2D eigenvalue weighted by Gasteiger charge is 2.24. The third kappa shape index (κ3) is 3.84. The number of hydrogen-bond donors (Lipinski definition) is 2. The van der Waals surface area contributed by atoms with Crippen molar-refractivity contribution in [3.8, 4) is 0 Å². The van der Waals surface area contributed by atoms with Crippen molar-refractivity contribution in [3.63, 3.8) is 0 Å². The van der Waals surface area contributed by atoms with Crippen LogP contribution >= 0.6 is 0 Å². The van der Waals surface area contributed by atoms with Gasteiger partial charge in [-0.3, -0.25) is 24.3 Å². The number of fused-ring (bicyclic) bond motifs is 1. The van der Waals surface area contributed by atoms with Gasteiger partial charge >= 0.3 is 5.97 Å². The topological polar surface area (TPSA) is 112 Å². The maximum Gasteiger partial charge on any atom is 0.303 e. The van der Waals surface area contributed by atoms with E-state index >= 15 is 0 Å². The van der Waals surface area contributed by atoms with E-state index in [9.17, 15) is 19.2 Å². The Balaban J connectivity index is 1.63. The second-order valence-electron chi connectivity index (χ2n) is 6.62. The van der Waals surface area contributed by atoms with E-state index in [2.05, 4.69) is 5.10 Å². The van der Waals surface area contributed by atoms with Crippen LogP contribution in [0.3, 0.4) is 0 Å². The summed E-state index contributed by atoms with van der Waals surface area (Å²) in [6, 6.07) is 6.57. The quantitative estimate of drug-likeness (QED) is 0.820. The van der Waals surface area contributed by atoms with E-state index in [0.717, 1.165) is 0 Å². The number of benzene rings is 1. The first-order valence-corrected chi connectivity index (χ1v) is 8.67. The van der Waals surface area contributed by atoms with Crippen molar-refractivity contribution in [1.82, 2.24) is 14.7 Å². The van der Waals surface area contributed by atoms with E-state index in [1.54, 1.807) is 29.2 Å². The number of likely N-dealkylation sites (tertiary alicyclic amines) is 1. The standard InChI is InChI=1S/C18H21N3O5/c22-15(20-8-5-12(6-9-20)11-16(23)24)7-10-21-18(26)14-4-2-1-3-13(14)17(25)19-21/h1-4,12H,5-11H2,(H,19,25)(H,23,24). The summed E-state index contributed by atoms with van der Waals surface area (Å²) in [5.41, 5.74) is -0.685. The molecule has 0 radical (unpaired) electrons. The fourth-order valence-electron chi connectivity index (χ4n) is 3.40. The summed E-state index contributed by atoms with van der Waals surface area (Å²) in [6.45, 7) is 1.16. The number of aryl methyl sites for hydroxylation is 1. The van der Waals surface area contributed by atoms with Gasteiger partial charge in [0, 0.05) is 25.9 Å². The molecule has 1 aliphatic heterocycles. The number of hydrogen-bond acceptors (Lipinski definition) is 4. The van der Waals surface area contributed by atoms with Crippen LogP contribution in [0.1, 0.15) is 25.7 Å². The second-order valence-corrected chi connectivity index (χ2v) is 6.62. The van der Waals surface area contributed by atoms with Crippen LogP contribution in [0.2, 0.25) is 0 Å². The summed E-state index contributed by atoms with van der Waals surface area (Å²) in [5.74, 6) is -0.801. The number of nitrogens with zero attached hydrogens (tertiary/aromatic N) is 2. The van der Waals surface area contributed by atoms with E-state index in [4.69, 9.17) is 5.11 Å². The Labute approximate surface area is 149 Å². The zero-order valence-electron chi connectivity index (χ0n) is 14.3. The minimum Gasteiger partial charge on any atom is -0.481 e. The molecule has 2 N–H and O–H groups in total. The van der Waals surface area contributed by atoms with Crippen LogP contribution in [-0.4, -0.2) is 44.8 Å². The average molecular weight is 359 g/mol. The first-order valence-electron chi connectivity index (χ1n) is 8.67. The summed E-state index contributed by atoms with van der Waals surface area (Å²) < 4.78 is 1.18. The van der Waals surface area contributed by atoms with Gasteiger partial charge in [-0.05, 0) is 30.9 Å². The molecule has 0 saturated carbocycles. The summed E-state index contributed by atoms with van der Waals surface area (Å²) in [4.78, 5) is 49.3. The van der Waals surface area contributed by atoms with Crippen LogP contribution in [0.25, 0.3) is 10.8 Å². The predicted octanol–water partition coefficient (Wildman–Crippen LogP) is 0.793. The van der Waals surface area contributed by atoms with Crippen molar-refractivity contribution < 1.29 is 14.7 Å². The summed E-state index contributed by atoms with van der Waals surface area (Å²) >= 11 is 0. The SMILES string of the molecule is O=C(O)CC1CCN(C(=O)CCn2[nH]c(=O)c3ccccc3c2=O)CC1. The summed E-state index contributed by atoms with van der Waals surface area (Å²) in [6.07, 6.45) is 1.59. The van der Waals surface area contributed by atoms with Gasteiger partial charge in [0.05, 0.1) is 17.3 Å². The molecular formula is C18H21N3O5. The molecule has 0 bridgehead atoms. The number of piperidine rings is 1. The molecule has 8 nitrogen and oxygen atoms in total. The van der Waals surface area contributed by atoms with Crippen LogP contribution < -0.4 is 11.1 Å². The highest BCUT2D eigenvalue weighted by atomic mass is 16.4. The van der Waals surface area contributed by atoms with Crippen LogP contribution in [0.15, 0.2) is 33.9 Å². The molecule has 0 spiro atoms. The Hall–Kier alpha value is -2.90. The molecule has 1 aromatic heterocycles. The number of aliphatic carboxylic acids is 1. The predicted molar refractivity (Wildman–Crippen MR) is 95.0 cm³/mol. The molecule has 2 aromatic rings. The van der Waals surface area contributed by atoms with E-state index in [0.29, 0.717) is 36.7 Å². The van der Waals surface area contributed by atoms with Crippen LogP contribution in [-0.2, 0) is 16.1 Å². The molecule has 2 heterocycles. The van der Waals surface area contributed by atoms with Gasteiger partial charge < -0.3 is 10.0 Å². The Bertz CT molecular complexity index is 938. The largest absolute Gasteiger partial charge is 0.481 e. The van der Waals surface area contributed by atoms with Gasteiger partial charge in [0.25, 0.3) is 11.1 Å². The molecule has 1 saturated heterocycles. The molecule has 3 rings (SSSR count). The Morgan fingerprint density at radius 3 is 2.42 bits per heavy atom. The van der Waals surface area contributed by atoms with Crippen molar-refractivity contribution >= 4 is 22.6 Å². The van der Waals surface area contributed by atoms with Crippen LogP contribution in [0, 0.1) is 5.92 Å². The Kier molecular flexibility index (Phi) is 5.20. The van der Waals surface area contributed by atoms with Gasteiger partial charge in [0.1, 0.15) is 0 Å². The van der Waals surface area contributed by atoms with Gasteiger partial charge in [-0.15, -0.1) is 0 Å². The number of carbonyl (C=O) groups is 2. The molecule has 1 fully saturated rings. The first kappa shape index (κ1) is 17.9. The fraction of sp³-hybridized carbons (Fsp3) is 0.444. The van der Waals surface area contributed by atoms with Crippen molar-refractivity contribution in [1.29, 1.82) is 0 Å². The van der Waals surface area contributed by atoms with Gasteiger partial charge in [-0.1, -0.05) is 12.1 Å². The number of carbonyl (C=O) groups excluding carboxylic acids is 1. The van der Waals surface area contributed by atoms with Gasteiger partial charge in [0.2, 0.25) is 5.91 Å². The van der Waals surface area contributed by atoms with Gasteiger partial charge in [0.15, 0.2) is 0 Å². The zero-order valence-corrected chi connectivity index (χ0v) is 14.3. The highest BCUT2D eigenvalue weighted by molar-refractivity contribution is 5.80. The number of aromatic nitrogens is 2. The summed E-state index contributed by atoms with van der Waals surface area (Å²) in [7, 11) is 0. The first-order chi connectivity index (χ1) is 12.5. The van der Waals surface area contributed by atoms with Crippen LogP contribution in [0.5, 0.6) is 0 Å². The number of aromatic amines is 1. The minimum atomic E-state index is -0.811. The second kappa shape index (κ2) is 7.55. The molecule has 1 amide bonds. The third-order valence-electron chi connectivity index (χ3n) is 4.86. The van der Waals surface area contributed by atoms with Gasteiger partial charge in [-0.2, -0.15) is 0 Å². The number of carboxylic acid groups (broad SMARTS) is 1. The zero-order chi connectivity index (χ0) is 18.7. The number of rotatable bonds is 5. The van der Waals surface area contributed by atoms with E-state index in [-0.39, 0.29) is 42.3 Å². The molecule has 8 heteroatoms. The van der Waals surface area contributed by atoms with Crippen LogP contribution in [0.4, 0.5) is 0 Å². The van der Waals surface area contributed by atoms with Gasteiger partial charge in [-0.25, -0.2) is 4.68 Å². The number of carboxylic acids is 1. The van der Waals surface area contributed by atoms with E-state index < -0.39 is 5.97 Å². The number of nitrogens with one attached hydrogen (secondary N) is 1. The lowest BCUT2D eigenvalue weighted by Crippen LogP contribution is -2.40. The fourth-order valence-corrected chi connectivity index (χ4v) is 3.40. The molecule has 138 valence electrons. The average Bonchev–Trinajstić information content (AvgIpc) is 2.63. The Morgan fingerprint density at radius 1 is 1.12 bits per heavy atom. The van der Waals surface area contributed by atoms with E-state index in [1.165, 1.54) is 4.68 Å². The normalized spacial score (nSPS) is 15.3. The smallest absolute Gasteiger partial charge is 0.303 e. The molecular weight excluding hydrogens is 338 g/mol. The van der Waals surface area contributed by atoms with Crippen molar-refractivity contribution in [2.75, 3.05) is 13.1 Å². The lowest BCUT2D eigenvalue weighted by Gasteiger charge is -2.31. The lowest BCUT2D eigenvalue weighted by molar-refractivity contribution is -0.138. The minimum absolute atomic E-state index is 0.0975. The third-order valence-corrected chi connectivity index (χ3v) is 4.86. The lowest BCUT2D eigenvalue weighted by atomic mass is 9.93. The molecule has 26 heavy (non-hydrogen) atoms. The highest BCUT2D eigenvalue weighted by Crippen LogP contribution is 2.20. The van der Waals surface area contributed by atoms with Crippen molar-refractivity contribution in [2.45, 2.75) is 32.2 Å². The maximum atomic E-state index is 12.4. The van der Waals surface area contributed by atoms with Crippen molar-refractivity contribution in [2.24, 2.45) is 5.92 Å². The Morgan fingerprint density at radius 2 is 1.77 bits per heavy atom. The maximum absolute atomic E-state index is 12.4. The summed E-state index contributed by atoms with van der Waals surface area (Å²) in [5, 5.41) is 12.0. The number of amides is 1. The monoisotopic (exact) mass is 359 g/mol. The molecule has 0 unspecified atom stereocenters. The molecule has 1 aromatic carbocycles. The number of H-pyrrole nitrogens is 1. The molecule has 0 atom stereocenters. The molecule has 0 aliphatic carbocycles. The van der Waals surface area contributed by atoms with Crippen molar-refractivity contribution in [3.05, 3.63) is 45.0 Å².